The molecule has 4 N–H and O–H groups in total. The third kappa shape index (κ3) is 3.61. The van der Waals surface area contributed by atoms with Crippen molar-refractivity contribution in [2.24, 2.45) is 0 Å². The van der Waals surface area contributed by atoms with Gasteiger partial charge in [0.05, 0.1) is 12.3 Å². The topological polar surface area (TPSA) is 71.2 Å². The van der Waals surface area contributed by atoms with Gasteiger partial charge in [-0.1, -0.05) is 18.3 Å². The van der Waals surface area contributed by atoms with E-state index in [1.807, 2.05) is 6.92 Å². The quantitative estimate of drug-likeness (QED) is 0.671. The monoisotopic (exact) mass is 201 g/mol. The van der Waals surface area contributed by atoms with Crippen molar-refractivity contribution in [2.45, 2.75) is 25.9 Å². The molecule has 0 aromatic carbocycles. The normalized spacial score (nSPS) is 12.8. The number of hydrogen-bond acceptors (Lipinski definition) is 5. The third-order valence-corrected chi connectivity index (χ3v) is 2.53. The highest BCUT2D eigenvalue weighted by molar-refractivity contribution is 7.19. The molecule has 0 bridgehead atoms. The van der Waals surface area contributed by atoms with Gasteiger partial charge in [-0.2, -0.15) is 0 Å². The van der Waals surface area contributed by atoms with Crippen LogP contribution in [0.5, 0.6) is 0 Å². The van der Waals surface area contributed by atoms with Crippen LogP contribution in [-0.2, 0) is 0 Å². The summed E-state index contributed by atoms with van der Waals surface area (Å²) in [6.45, 7) is 2.70. The van der Waals surface area contributed by atoms with Crippen molar-refractivity contribution in [1.82, 2.24) is 4.98 Å². The predicted octanol–water partition coefficient (Wildman–Crippen LogP) is 1.30. The van der Waals surface area contributed by atoms with Crippen LogP contribution < -0.4 is 11.1 Å². The van der Waals surface area contributed by atoms with Gasteiger partial charge in [0.25, 0.3) is 0 Å². The highest BCUT2D eigenvalue weighted by Gasteiger charge is 2.01. The molecule has 0 saturated carbocycles. The molecule has 0 radical (unpaired) electrons. The Morgan fingerprint density at radius 2 is 2.54 bits per heavy atom. The van der Waals surface area contributed by atoms with Crippen molar-refractivity contribution in [1.29, 1.82) is 0 Å². The van der Waals surface area contributed by atoms with Crippen LogP contribution in [0.25, 0.3) is 0 Å². The number of nitrogen functional groups attached to an aromatic ring is 1. The summed E-state index contributed by atoms with van der Waals surface area (Å²) in [5.74, 6) is 0. The smallest absolute Gasteiger partial charge is 0.184 e. The molecule has 1 atom stereocenters. The second kappa shape index (κ2) is 5.04. The van der Waals surface area contributed by atoms with Gasteiger partial charge in [-0.15, -0.1) is 0 Å². The molecule has 0 aliphatic rings. The minimum atomic E-state index is -0.218. The molecule has 1 unspecified atom stereocenters. The average Bonchev–Trinajstić information content (AvgIpc) is 2.51. The number of anilines is 2. The largest absolute Gasteiger partial charge is 0.393 e. The van der Waals surface area contributed by atoms with E-state index >= 15 is 0 Å². The number of nitrogens with zero attached hydrogens (tertiary/aromatic N) is 1. The molecule has 4 nitrogen and oxygen atoms in total. The van der Waals surface area contributed by atoms with Gasteiger partial charge in [0.2, 0.25) is 0 Å². The minimum Gasteiger partial charge on any atom is -0.393 e. The molecule has 5 heteroatoms. The molecule has 1 heterocycles. The Kier molecular flexibility index (Phi) is 3.98. The van der Waals surface area contributed by atoms with Crippen LogP contribution in [-0.4, -0.2) is 22.7 Å². The van der Waals surface area contributed by atoms with E-state index in [1.165, 1.54) is 11.3 Å². The molecule has 0 spiro atoms. The van der Waals surface area contributed by atoms with E-state index in [0.29, 0.717) is 5.00 Å². The van der Waals surface area contributed by atoms with E-state index in [0.717, 1.165) is 24.5 Å². The van der Waals surface area contributed by atoms with Crippen molar-refractivity contribution in [2.75, 3.05) is 17.6 Å². The minimum absolute atomic E-state index is 0.218. The van der Waals surface area contributed by atoms with Gasteiger partial charge in [-0.25, -0.2) is 4.98 Å². The Labute approximate surface area is 81.8 Å². The average molecular weight is 201 g/mol. The number of aliphatic hydroxyl groups excluding tert-OH is 1. The standard InChI is InChI=1S/C8H15N3OS/c1-2-6(12)3-4-10-8-11-5-7(9)13-8/h5-6,12H,2-4,9H2,1H3,(H,10,11). The van der Waals surface area contributed by atoms with Crippen molar-refractivity contribution >= 4 is 21.5 Å². The second-order valence-electron chi connectivity index (χ2n) is 2.85. The van der Waals surface area contributed by atoms with Crippen LogP contribution in [0.15, 0.2) is 6.20 Å². The number of nitrogens with two attached hydrogens (primary N) is 1. The summed E-state index contributed by atoms with van der Waals surface area (Å²) in [5.41, 5.74) is 5.50. The lowest BCUT2D eigenvalue weighted by atomic mass is 10.2. The van der Waals surface area contributed by atoms with Crippen LogP contribution in [0, 0.1) is 0 Å². The summed E-state index contributed by atoms with van der Waals surface area (Å²) < 4.78 is 0. The molecule has 13 heavy (non-hydrogen) atoms. The van der Waals surface area contributed by atoms with Gasteiger partial charge >= 0.3 is 0 Å². The maximum atomic E-state index is 9.26. The molecule has 0 amide bonds. The van der Waals surface area contributed by atoms with Gasteiger partial charge in [-0.05, 0) is 12.8 Å². The first-order chi connectivity index (χ1) is 6.22. The summed E-state index contributed by atoms with van der Waals surface area (Å²) in [6.07, 6.45) is 2.95. The zero-order valence-electron chi connectivity index (χ0n) is 7.66. The Bertz CT molecular complexity index is 251. The van der Waals surface area contributed by atoms with Gasteiger partial charge in [0.1, 0.15) is 5.00 Å². The van der Waals surface area contributed by atoms with Crippen LogP contribution in [0.1, 0.15) is 19.8 Å². The first-order valence-corrected chi connectivity index (χ1v) is 5.17. The summed E-state index contributed by atoms with van der Waals surface area (Å²) in [6, 6.07) is 0. The third-order valence-electron chi connectivity index (χ3n) is 1.75. The molecule has 0 saturated heterocycles. The zero-order chi connectivity index (χ0) is 9.68. The predicted molar refractivity (Wildman–Crippen MR) is 55.9 cm³/mol. The number of aromatic nitrogens is 1. The molecule has 1 aromatic rings. The Balaban J connectivity index is 2.20. The summed E-state index contributed by atoms with van der Waals surface area (Å²) in [5, 5.41) is 13.9. The fourth-order valence-corrected chi connectivity index (χ4v) is 1.53. The van der Waals surface area contributed by atoms with Crippen LogP contribution in [0.3, 0.4) is 0 Å². The van der Waals surface area contributed by atoms with Gasteiger partial charge < -0.3 is 16.2 Å². The molecule has 1 rings (SSSR count). The van der Waals surface area contributed by atoms with Gasteiger partial charge in [-0.3, -0.25) is 0 Å². The van der Waals surface area contributed by atoms with E-state index < -0.39 is 0 Å². The van der Waals surface area contributed by atoms with E-state index in [4.69, 9.17) is 5.73 Å². The molecule has 74 valence electrons. The number of thiazole rings is 1. The van der Waals surface area contributed by atoms with E-state index in [9.17, 15) is 5.11 Å². The SMILES string of the molecule is CCC(O)CCNc1ncc(N)s1. The fourth-order valence-electron chi connectivity index (χ4n) is 0.918. The summed E-state index contributed by atoms with van der Waals surface area (Å²) >= 11 is 1.42. The van der Waals surface area contributed by atoms with E-state index in [1.54, 1.807) is 6.20 Å². The van der Waals surface area contributed by atoms with Crippen LogP contribution in [0.4, 0.5) is 10.1 Å². The number of hydrogen-bond donors (Lipinski definition) is 3. The van der Waals surface area contributed by atoms with Crippen molar-refractivity contribution < 1.29 is 5.11 Å². The van der Waals surface area contributed by atoms with Crippen molar-refractivity contribution in [3.05, 3.63) is 6.20 Å². The van der Waals surface area contributed by atoms with E-state index in [-0.39, 0.29) is 6.10 Å². The number of nitrogens with one attached hydrogen (secondary N) is 1. The molecule has 1 aromatic heterocycles. The van der Waals surface area contributed by atoms with Gasteiger partial charge in [0.15, 0.2) is 5.13 Å². The maximum absolute atomic E-state index is 9.26. The highest BCUT2D eigenvalue weighted by atomic mass is 32.1. The molecular formula is C8H15N3OS. The molecule has 0 aliphatic carbocycles. The van der Waals surface area contributed by atoms with Crippen LogP contribution in [0.2, 0.25) is 0 Å². The van der Waals surface area contributed by atoms with E-state index in [2.05, 4.69) is 10.3 Å². The lowest BCUT2D eigenvalue weighted by Gasteiger charge is -2.06. The summed E-state index contributed by atoms with van der Waals surface area (Å²) in [4.78, 5) is 4.04. The lowest BCUT2D eigenvalue weighted by molar-refractivity contribution is 0.164. The molecule has 0 aliphatic heterocycles. The van der Waals surface area contributed by atoms with Gasteiger partial charge in [0, 0.05) is 6.54 Å². The molecular weight excluding hydrogens is 186 g/mol. The highest BCUT2D eigenvalue weighted by Crippen LogP contribution is 2.19. The number of aliphatic hydroxyl groups is 1. The van der Waals surface area contributed by atoms with Crippen LogP contribution >= 0.6 is 11.3 Å². The molecule has 0 fully saturated rings. The Morgan fingerprint density at radius 3 is 3.08 bits per heavy atom. The first kappa shape index (κ1) is 10.3. The zero-order valence-corrected chi connectivity index (χ0v) is 8.47. The first-order valence-electron chi connectivity index (χ1n) is 4.35. The lowest BCUT2D eigenvalue weighted by Crippen LogP contribution is -2.11. The fraction of sp³-hybridized carbons (Fsp3) is 0.625. The summed E-state index contributed by atoms with van der Waals surface area (Å²) in [7, 11) is 0. The van der Waals surface area contributed by atoms with Crippen molar-refractivity contribution in [3.63, 3.8) is 0 Å². The Hall–Kier alpha value is -0.810. The Morgan fingerprint density at radius 1 is 1.77 bits per heavy atom. The number of rotatable bonds is 5. The van der Waals surface area contributed by atoms with Crippen molar-refractivity contribution in [3.8, 4) is 0 Å². The second-order valence-corrected chi connectivity index (χ2v) is 3.91. The maximum Gasteiger partial charge on any atom is 0.184 e.